The van der Waals surface area contributed by atoms with E-state index >= 15 is 0 Å². The van der Waals surface area contributed by atoms with Crippen molar-refractivity contribution in [2.24, 2.45) is 0 Å². The van der Waals surface area contributed by atoms with Crippen LogP contribution in [0.3, 0.4) is 0 Å². The largest absolute Gasteiger partial charge is 0.338 e. The van der Waals surface area contributed by atoms with E-state index in [1.54, 1.807) is 31.6 Å². The third kappa shape index (κ3) is 2.32. The van der Waals surface area contributed by atoms with Gasteiger partial charge in [0.2, 0.25) is 0 Å². The normalized spacial score (nSPS) is 10.3. The molecule has 0 unspecified atom stereocenters. The molecule has 0 fully saturated rings. The molecule has 0 atom stereocenters. The fraction of sp³-hybridized carbons (Fsp3) is 0.0667. The van der Waals surface area contributed by atoms with Crippen LogP contribution in [0.5, 0.6) is 0 Å². The van der Waals surface area contributed by atoms with E-state index in [0.29, 0.717) is 11.5 Å². The number of imidazole rings is 1. The lowest BCUT2D eigenvalue weighted by molar-refractivity contribution is 1.13. The van der Waals surface area contributed by atoms with Crippen LogP contribution in [0.4, 0.5) is 0 Å². The summed E-state index contributed by atoms with van der Waals surface area (Å²) in [5.41, 5.74) is 2.79. The molecule has 21 heavy (non-hydrogen) atoms. The molecule has 0 spiro atoms. The van der Waals surface area contributed by atoms with Crippen LogP contribution < -0.4 is 5.56 Å². The molecule has 3 heterocycles. The van der Waals surface area contributed by atoms with Crippen molar-refractivity contribution in [3.63, 3.8) is 0 Å². The Balaban J connectivity index is 2.09. The Bertz CT molecular complexity index is 886. The first-order valence-corrected chi connectivity index (χ1v) is 6.29. The van der Waals surface area contributed by atoms with Gasteiger partial charge in [-0.05, 0) is 25.1 Å². The van der Waals surface area contributed by atoms with Crippen molar-refractivity contribution in [1.82, 2.24) is 19.9 Å². The summed E-state index contributed by atoms with van der Waals surface area (Å²) >= 11 is 0. The lowest BCUT2D eigenvalue weighted by Gasteiger charge is -2.03. The zero-order valence-electron chi connectivity index (χ0n) is 11.2. The van der Waals surface area contributed by atoms with Crippen molar-refractivity contribution in [2.45, 2.75) is 6.92 Å². The van der Waals surface area contributed by atoms with Gasteiger partial charge in [0, 0.05) is 29.2 Å². The number of rotatable bonds is 2. The average molecular weight is 277 g/mol. The standard InChI is InChI=1S/C15H11N5O/c1-9-12(6-11(7-16)15(21)19-9)13-8-18-14(20-13)10-2-4-17-5-3-10/h2-6,8H,1H3,(H,18,20)(H,19,21). The number of nitriles is 1. The molecule has 6 heteroatoms. The van der Waals surface area contributed by atoms with Crippen LogP contribution in [0, 0.1) is 18.3 Å². The molecule has 102 valence electrons. The summed E-state index contributed by atoms with van der Waals surface area (Å²) in [6, 6.07) is 7.15. The van der Waals surface area contributed by atoms with Gasteiger partial charge in [-0.1, -0.05) is 0 Å². The van der Waals surface area contributed by atoms with E-state index in [9.17, 15) is 4.79 Å². The monoisotopic (exact) mass is 277 g/mol. The number of H-pyrrole nitrogens is 2. The molecular weight excluding hydrogens is 266 g/mol. The zero-order valence-corrected chi connectivity index (χ0v) is 11.2. The van der Waals surface area contributed by atoms with Crippen molar-refractivity contribution in [3.8, 4) is 28.7 Å². The summed E-state index contributed by atoms with van der Waals surface area (Å²) in [6.45, 7) is 1.78. The fourth-order valence-corrected chi connectivity index (χ4v) is 2.10. The average Bonchev–Trinajstić information content (AvgIpc) is 2.98. The van der Waals surface area contributed by atoms with Crippen LogP contribution in [0.1, 0.15) is 11.3 Å². The lowest BCUT2D eigenvalue weighted by Crippen LogP contribution is -2.11. The van der Waals surface area contributed by atoms with Crippen molar-refractivity contribution in [1.29, 1.82) is 5.26 Å². The first-order valence-electron chi connectivity index (χ1n) is 6.29. The van der Waals surface area contributed by atoms with Gasteiger partial charge in [-0.15, -0.1) is 0 Å². The molecule has 3 aromatic rings. The maximum absolute atomic E-state index is 11.6. The van der Waals surface area contributed by atoms with Gasteiger partial charge >= 0.3 is 0 Å². The summed E-state index contributed by atoms with van der Waals surface area (Å²) in [5, 5.41) is 8.96. The van der Waals surface area contributed by atoms with E-state index in [1.165, 1.54) is 0 Å². The molecule has 0 amide bonds. The lowest BCUT2D eigenvalue weighted by atomic mass is 10.1. The van der Waals surface area contributed by atoms with Gasteiger partial charge in [0.25, 0.3) is 5.56 Å². The molecule has 0 aliphatic rings. The number of aryl methyl sites for hydroxylation is 1. The summed E-state index contributed by atoms with van der Waals surface area (Å²) in [7, 11) is 0. The number of nitrogens with one attached hydrogen (secondary N) is 2. The predicted octanol–water partition coefficient (Wildman–Crippen LogP) is 2.01. The van der Waals surface area contributed by atoms with Crippen LogP contribution in [0.25, 0.3) is 22.6 Å². The first-order chi connectivity index (χ1) is 10.2. The minimum atomic E-state index is -0.382. The highest BCUT2D eigenvalue weighted by Crippen LogP contribution is 2.23. The van der Waals surface area contributed by atoms with Gasteiger partial charge in [0.1, 0.15) is 17.5 Å². The van der Waals surface area contributed by atoms with E-state index in [-0.39, 0.29) is 11.1 Å². The molecule has 0 saturated carbocycles. The molecule has 0 aliphatic heterocycles. The van der Waals surface area contributed by atoms with E-state index in [0.717, 1.165) is 16.8 Å². The van der Waals surface area contributed by atoms with Crippen molar-refractivity contribution in [2.75, 3.05) is 0 Å². The molecular formula is C15H11N5O. The second-order valence-electron chi connectivity index (χ2n) is 4.54. The third-order valence-electron chi connectivity index (χ3n) is 3.18. The maximum atomic E-state index is 11.6. The first kappa shape index (κ1) is 12.8. The Kier molecular flexibility index (Phi) is 3.09. The minimum absolute atomic E-state index is 0.0793. The van der Waals surface area contributed by atoms with Crippen molar-refractivity contribution < 1.29 is 0 Å². The molecule has 6 nitrogen and oxygen atoms in total. The molecule has 3 aromatic heterocycles. The van der Waals surface area contributed by atoms with Crippen LogP contribution in [-0.4, -0.2) is 19.9 Å². The van der Waals surface area contributed by atoms with Crippen molar-refractivity contribution >= 4 is 0 Å². The highest BCUT2D eigenvalue weighted by molar-refractivity contribution is 5.66. The van der Waals surface area contributed by atoms with E-state index in [4.69, 9.17) is 5.26 Å². The van der Waals surface area contributed by atoms with Crippen molar-refractivity contribution in [3.05, 3.63) is 58.4 Å². The number of aromatic amines is 2. The molecule has 0 saturated heterocycles. The van der Waals surface area contributed by atoms with Crippen LogP contribution >= 0.6 is 0 Å². The Hall–Kier alpha value is -3.20. The Morgan fingerprint density at radius 2 is 2.00 bits per heavy atom. The fourth-order valence-electron chi connectivity index (χ4n) is 2.10. The van der Waals surface area contributed by atoms with Gasteiger partial charge in [-0.25, -0.2) is 4.98 Å². The highest BCUT2D eigenvalue weighted by atomic mass is 16.1. The topological polar surface area (TPSA) is 98.2 Å². The van der Waals surface area contributed by atoms with Gasteiger partial charge in [0.15, 0.2) is 0 Å². The molecule has 0 bridgehead atoms. The summed E-state index contributed by atoms with van der Waals surface area (Å²) < 4.78 is 0. The summed E-state index contributed by atoms with van der Waals surface area (Å²) in [5.74, 6) is 0.705. The Morgan fingerprint density at radius 3 is 2.71 bits per heavy atom. The number of pyridine rings is 2. The van der Waals surface area contributed by atoms with E-state index in [2.05, 4.69) is 19.9 Å². The predicted molar refractivity (Wildman–Crippen MR) is 77.3 cm³/mol. The van der Waals surface area contributed by atoms with Gasteiger partial charge < -0.3 is 9.97 Å². The molecule has 3 rings (SSSR count). The summed E-state index contributed by atoms with van der Waals surface area (Å²) in [6.07, 6.45) is 5.06. The zero-order chi connectivity index (χ0) is 14.8. The van der Waals surface area contributed by atoms with E-state index in [1.807, 2.05) is 18.2 Å². The Morgan fingerprint density at radius 1 is 1.24 bits per heavy atom. The molecule has 2 N–H and O–H groups in total. The number of hydrogen-bond donors (Lipinski definition) is 2. The molecule has 0 aliphatic carbocycles. The quantitative estimate of drug-likeness (QED) is 0.748. The maximum Gasteiger partial charge on any atom is 0.266 e. The SMILES string of the molecule is Cc1[nH]c(=O)c(C#N)cc1-c1cnc(-c2ccncc2)[nH]1. The third-order valence-corrected chi connectivity index (χ3v) is 3.18. The molecule has 0 radical (unpaired) electrons. The minimum Gasteiger partial charge on any atom is -0.338 e. The van der Waals surface area contributed by atoms with Crippen LogP contribution in [0.2, 0.25) is 0 Å². The smallest absolute Gasteiger partial charge is 0.266 e. The van der Waals surface area contributed by atoms with Gasteiger partial charge in [-0.3, -0.25) is 9.78 Å². The number of nitrogens with zero attached hydrogens (tertiary/aromatic N) is 3. The second-order valence-corrected chi connectivity index (χ2v) is 4.54. The second kappa shape index (κ2) is 5.06. The van der Waals surface area contributed by atoms with Gasteiger partial charge in [0.05, 0.1) is 11.9 Å². The van der Waals surface area contributed by atoms with Crippen LogP contribution in [0.15, 0.2) is 41.6 Å². The summed E-state index contributed by atoms with van der Waals surface area (Å²) in [4.78, 5) is 25.7. The Labute approximate surface area is 120 Å². The van der Waals surface area contributed by atoms with E-state index < -0.39 is 0 Å². The number of hydrogen-bond acceptors (Lipinski definition) is 4. The van der Waals surface area contributed by atoms with Gasteiger partial charge in [-0.2, -0.15) is 5.26 Å². The highest BCUT2D eigenvalue weighted by Gasteiger charge is 2.10. The molecule has 0 aromatic carbocycles. The number of aromatic nitrogens is 4. The van der Waals surface area contributed by atoms with Crippen LogP contribution in [-0.2, 0) is 0 Å².